The van der Waals surface area contributed by atoms with Crippen LogP contribution in [-0.2, 0) is 11.3 Å². The Labute approximate surface area is 137 Å². The van der Waals surface area contributed by atoms with E-state index in [9.17, 15) is 4.79 Å². The number of hydrogen-bond acceptors (Lipinski definition) is 3. The van der Waals surface area contributed by atoms with Crippen LogP contribution >= 0.6 is 27.7 Å². The van der Waals surface area contributed by atoms with E-state index in [1.165, 1.54) is 11.8 Å². The smallest absolute Gasteiger partial charge is 0.235 e. The molecule has 1 aromatic heterocycles. The number of nitrogens with one attached hydrogen (secondary N) is 1. The first kappa shape index (κ1) is 16.1. The fourth-order valence-corrected chi connectivity index (χ4v) is 2.75. The average Bonchev–Trinajstić information content (AvgIpc) is 2.91. The number of aromatic nitrogens is 2. The number of thioether (sulfide) groups is 1. The van der Waals surface area contributed by atoms with Crippen molar-refractivity contribution in [3.05, 3.63) is 41.0 Å². The van der Waals surface area contributed by atoms with Crippen LogP contribution in [0, 0.1) is 0 Å². The van der Waals surface area contributed by atoms with Crippen LogP contribution in [0.5, 0.6) is 0 Å². The molecule has 21 heavy (non-hydrogen) atoms. The Hall–Kier alpha value is -1.27. The minimum absolute atomic E-state index is 0.0128. The second-order valence-electron chi connectivity index (χ2n) is 4.58. The molecule has 6 heteroatoms. The maximum Gasteiger partial charge on any atom is 0.235 e. The molecule has 0 atom stereocenters. The lowest BCUT2D eigenvalue weighted by Gasteiger charge is -2.08. The number of aryl methyl sites for hydroxylation is 1. The lowest BCUT2D eigenvalue weighted by Crippen LogP contribution is -2.17. The standard InChI is InChI=1S/C15H18BrN3OS/c1-2-3-10-19-14(8-9-17-19)18-15(20)11-21-13-6-4-12(16)5-7-13/h4-9H,2-3,10-11H2,1H3,(H,18,20). The van der Waals surface area contributed by atoms with Crippen molar-refractivity contribution in [3.8, 4) is 0 Å². The van der Waals surface area contributed by atoms with Gasteiger partial charge in [-0.25, -0.2) is 4.68 Å². The van der Waals surface area contributed by atoms with E-state index in [2.05, 4.69) is 33.3 Å². The van der Waals surface area contributed by atoms with Gasteiger partial charge in [-0.2, -0.15) is 5.10 Å². The quantitative estimate of drug-likeness (QED) is 0.746. The third-order valence-electron chi connectivity index (χ3n) is 2.89. The maximum atomic E-state index is 12.0. The van der Waals surface area contributed by atoms with Crippen molar-refractivity contribution in [3.63, 3.8) is 0 Å². The highest BCUT2D eigenvalue weighted by atomic mass is 79.9. The van der Waals surface area contributed by atoms with Gasteiger partial charge in [-0.3, -0.25) is 4.79 Å². The molecule has 1 N–H and O–H groups in total. The number of carbonyl (C=O) groups excluding carboxylic acids is 1. The fraction of sp³-hybridized carbons (Fsp3) is 0.333. The van der Waals surface area contributed by atoms with Gasteiger partial charge in [-0.05, 0) is 30.7 Å². The predicted octanol–water partition coefficient (Wildman–Crippen LogP) is 4.18. The molecule has 0 aliphatic carbocycles. The van der Waals surface area contributed by atoms with Gasteiger partial charge in [0.05, 0.1) is 11.9 Å². The lowest BCUT2D eigenvalue weighted by molar-refractivity contribution is -0.113. The summed E-state index contributed by atoms with van der Waals surface area (Å²) < 4.78 is 2.88. The number of amides is 1. The molecule has 4 nitrogen and oxygen atoms in total. The molecule has 0 saturated heterocycles. The Morgan fingerprint density at radius 2 is 2.10 bits per heavy atom. The van der Waals surface area contributed by atoms with E-state index in [1.807, 2.05) is 35.0 Å². The van der Waals surface area contributed by atoms with Gasteiger partial charge in [0.25, 0.3) is 0 Å². The summed E-state index contributed by atoms with van der Waals surface area (Å²) in [6.07, 6.45) is 3.87. The summed E-state index contributed by atoms with van der Waals surface area (Å²) in [7, 11) is 0. The van der Waals surface area contributed by atoms with E-state index in [-0.39, 0.29) is 5.91 Å². The van der Waals surface area contributed by atoms with Gasteiger partial charge in [0.1, 0.15) is 5.82 Å². The van der Waals surface area contributed by atoms with Crippen LogP contribution in [-0.4, -0.2) is 21.4 Å². The van der Waals surface area contributed by atoms with Crippen LogP contribution in [0.3, 0.4) is 0 Å². The molecule has 0 fully saturated rings. The van der Waals surface area contributed by atoms with E-state index >= 15 is 0 Å². The highest BCUT2D eigenvalue weighted by Crippen LogP contribution is 2.20. The molecule has 0 spiro atoms. The minimum atomic E-state index is -0.0128. The van der Waals surface area contributed by atoms with E-state index in [4.69, 9.17) is 0 Å². The van der Waals surface area contributed by atoms with Gasteiger partial charge in [-0.15, -0.1) is 11.8 Å². The summed E-state index contributed by atoms with van der Waals surface area (Å²) in [5.74, 6) is 1.15. The molecule has 0 bridgehead atoms. The molecule has 2 rings (SSSR count). The molecule has 0 radical (unpaired) electrons. The van der Waals surface area contributed by atoms with Gasteiger partial charge in [0.15, 0.2) is 0 Å². The second kappa shape index (κ2) is 8.24. The number of carbonyl (C=O) groups is 1. The normalized spacial score (nSPS) is 10.6. The predicted molar refractivity (Wildman–Crippen MR) is 90.6 cm³/mol. The van der Waals surface area contributed by atoms with Crippen molar-refractivity contribution in [1.82, 2.24) is 9.78 Å². The van der Waals surface area contributed by atoms with E-state index in [0.29, 0.717) is 5.75 Å². The van der Waals surface area contributed by atoms with Gasteiger partial charge < -0.3 is 5.32 Å². The van der Waals surface area contributed by atoms with Crippen molar-refractivity contribution in [2.24, 2.45) is 0 Å². The fourth-order valence-electron chi connectivity index (χ4n) is 1.78. The lowest BCUT2D eigenvalue weighted by atomic mass is 10.3. The Kier molecular flexibility index (Phi) is 6.32. The molecule has 2 aromatic rings. The van der Waals surface area contributed by atoms with Crippen LogP contribution < -0.4 is 5.32 Å². The Balaban J connectivity index is 1.84. The number of nitrogens with zero attached hydrogens (tertiary/aromatic N) is 2. The largest absolute Gasteiger partial charge is 0.310 e. The summed E-state index contributed by atoms with van der Waals surface area (Å²) in [6, 6.07) is 9.76. The molecule has 1 amide bonds. The monoisotopic (exact) mass is 367 g/mol. The summed E-state index contributed by atoms with van der Waals surface area (Å²) in [5.41, 5.74) is 0. The average molecular weight is 368 g/mol. The Morgan fingerprint density at radius 3 is 2.81 bits per heavy atom. The molecule has 0 saturated carbocycles. The zero-order chi connectivity index (χ0) is 15.1. The maximum absolute atomic E-state index is 12.0. The molecule has 1 heterocycles. The van der Waals surface area contributed by atoms with E-state index in [1.54, 1.807) is 6.20 Å². The van der Waals surface area contributed by atoms with E-state index in [0.717, 1.165) is 34.6 Å². The summed E-state index contributed by atoms with van der Waals surface area (Å²) in [6.45, 7) is 2.97. The Morgan fingerprint density at radius 1 is 1.33 bits per heavy atom. The summed E-state index contributed by atoms with van der Waals surface area (Å²) >= 11 is 4.92. The zero-order valence-electron chi connectivity index (χ0n) is 11.9. The number of halogens is 1. The molecule has 0 unspecified atom stereocenters. The highest BCUT2D eigenvalue weighted by Gasteiger charge is 2.07. The van der Waals surface area contributed by atoms with Crippen molar-refractivity contribution < 1.29 is 4.79 Å². The minimum Gasteiger partial charge on any atom is -0.310 e. The number of rotatable bonds is 7. The second-order valence-corrected chi connectivity index (χ2v) is 6.55. The first-order chi connectivity index (χ1) is 10.2. The first-order valence-electron chi connectivity index (χ1n) is 6.89. The summed E-state index contributed by atoms with van der Waals surface area (Å²) in [4.78, 5) is 13.1. The van der Waals surface area contributed by atoms with Crippen molar-refractivity contribution in [2.75, 3.05) is 11.1 Å². The molecular formula is C15H18BrN3OS. The van der Waals surface area contributed by atoms with Crippen LogP contribution in [0.2, 0.25) is 0 Å². The van der Waals surface area contributed by atoms with Gasteiger partial charge in [-0.1, -0.05) is 29.3 Å². The SMILES string of the molecule is CCCCn1nccc1NC(=O)CSc1ccc(Br)cc1. The van der Waals surface area contributed by atoms with E-state index < -0.39 is 0 Å². The molecular weight excluding hydrogens is 350 g/mol. The van der Waals surface area contributed by atoms with Crippen LogP contribution in [0.25, 0.3) is 0 Å². The molecule has 112 valence electrons. The van der Waals surface area contributed by atoms with Crippen molar-refractivity contribution >= 4 is 39.4 Å². The van der Waals surface area contributed by atoms with Gasteiger partial charge >= 0.3 is 0 Å². The zero-order valence-corrected chi connectivity index (χ0v) is 14.3. The number of unbranched alkanes of at least 4 members (excludes halogenated alkanes) is 1. The summed E-state index contributed by atoms with van der Waals surface area (Å²) in [5, 5.41) is 7.14. The highest BCUT2D eigenvalue weighted by molar-refractivity contribution is 9.10. The number of hydrogen-bond donors (Lipinski definition) is 1. The topological polar surface area (TPSA) is 46.9 Å². The van der Waals surface area contributed by atoms with Crippen LogP contribution in [0.15, 0.2) is 45.9 Å². The van der Waals surface area contributed by atoms with Crippen LogP contribution in [0.1, 0.15) is 19.8 Å². The molecule has 0 aliphatic heterocycles. The molecule has 0 aliphatic rings. The van der Waals surface area contributed by atoms with Crippen molar-refractivity contribution in [2.45, 2.75) is 31.2 Å². The van der Waals surface area contributed by atoms with Gasteiger partial charge in [0, 0.05) is 22.0 Å². The van der Waals surface area contributed by atoms with Gasteiger partial charge in [0.2, 0.25) is 5.91 Å². The molecule has 1 aromatic carbocycles. The van der Waals surface area contributed by atoms with Crippen molar-refractivity contribution in [1.29, 1.82) is 0 Å². The number of anilines is 1. The Bertz CT molecular complexity index is 583. The number of benzene rings is 1. The third-order valence-corrected chi connectivity index (χ3v) is 4.43. The third kappa shape index (κ3) is 5.21. The van der Waals surface area contributed by atoms with Crippen LogP contribution in [0.4, 0.5) is 5.82 Å². The first-order valence-corrected chi connectivity index (χ1v) is 8.67.